The molecule has 4 N–H and O–H groups in total. The number of nitrogens with two attached hydrogens (primary N) is 1. The second-order valence-corrected chi connectivity index (χ2v) is 18.6. The molecule has 60 heavy (non-hydrogen) atoms. The van der Waals surface area contributed by atoms with Crippen LogP contribution in [0.1, 0.15) is 80.7 Å². The number of ketones is 1. The Labute approximate surface area is 362 Å². The largest absolute Gasteiger partial charge is 0.534 e. The highest BCUT2D eigenvalue weighted by Crippen LogP contribution is 2.49. The molecule has 0 unspecified atom stereocenters. The number of hydrogen-bond donors (Lipinski definition) is 3. The minimum Gasteiger partial charge on any atom is -0.459 e. The van der Waals surface area contributed by atoms with Gasteiger partial charge in [-0.25, -0.2) is 9.59 Å². The second-order valence-electron chi connectivity index (χ2n) is 14.1. The van der Waals surface area contributed by atoms with E-state index in [4.69, 9.17) is 24.3 Å². The van der Waals surface area contributed by atoms with Gasteiger partial charge in [-0.05, 0) is 65.0 Å². The zero-order valence-electron chi connectivity index (χ0n) is 35.1. The summed E-state index contributed by atoms with van der Waals surface area (Å²) in [5.41, 5.74) is -0.675. The SMILES string of the molecule is CC(=O)[C@H](C)NC(=O)[C@@H](N)C(C)C.CC(C)(C)OC(=O)N[C@@H](CI)C(=O)OCc1ccccc1.CCCOP(=O)(Cn1ccc(OS(=O)(=O)C(F)(F)F)cc1=O)OCCC. The Balaban J connectivity index is 0.000000920. The van der Waals surface area contributed by atoms with Gasteiger partial charge in [-0.15, -0.1) is 0 Å². The first-order valence-electron chi connectivity index (χ1n) is 18.5. The Hall–Kier alpha value is -3.57. The first kappa shape index (κ1) is 56.4. The van der Waals surface area contributed by atoms with Crippen LogP contribution in [0, 0.1) is 5.92 Å². The van der Waals surface area contributed by atoms with Crippen molar-refractivity contribution in [2.24, 2.45) is 11.7 Å². The molecule has 2 aromatic rings. The number of aromatic nitrogens is 1. The normalized spacial score (nSPS) is 13.2. The quantitative estimate of drug-likeness (QED) is 0.0355. The zero-order valence-corrected chi connectivity index (χ0v) is 38.9. The van der Waals surface area contributed by atoms with Crippen LogP contribution in [-0.4, -0.2) is 83.6 Å². The molecular formula is C37H57F3IN4O13PS. The Morgan fingerprint density at radius 3 is 1.93 bits per heavy atom. The number of nitrogens with zero attached hydrogens (tertiary/aromatic N) is 1. The molecule has 23 heteroatoms. The van der Waals surface area contributed by atoms with E-state index in [2.05, 4.69) is 14.8 Å². The number of benzene rings is 1. The van der Waals surface area contributed by atoms with E-state index < -0.39 is 76.6 Å². The number of amides is 2. The molecule has 0 bridgehead atoms. The predicted molar refractivity (Wildman–Crippen MR) is 226 cm³/mol. The molecule has 3 atom stereocenters. The summed E-state index contributed by atoms with van der Waals surface area (Å²) in [6.45, 7) is 16.1. The van der Waals surface area contributed by atoms with Crippen LogP contribution in [0.4, 0.5) is 18.0 Å². The number of ether oxygens (including phenoxy) is 2. The van der Waals surface area contributed by atoms with E-state index in [-0.39, 0.29) is 37.4 Å². The standard InChI is InChI=1S/C15H20INO4.C13H19F3NO7PS.C9H18N2O2/c1-15(2,3)21-14(19)17-12(9-16)13(18)20-10-11-7-5-4-6-8-11;1-3-7-22-25(19,23-8-4-2)10-17-6-5-11(9-12(17)18)24-26(20,21)13(14,15)16;1-5(2)8(10)9(13)11-6(3)7(4)12/h4-8,12H,9-10H2,1-3H3,(H,17,19);5-6,9H,3-4,7-8,10H2,1-2H3;5-6,8H,10H2,1-4H3,(H,11,13)/t12-;;6-,8-/m0.0/s1. The maximum absolute atomic E-state index is 12.6. The predicted octanol–water partition coefficient (Wildman–Crippen LogP) is 6.20. The molecule has 2 rings (SSSR count). The van der Waals surface area contributed by atoms with Gasteiger partial charge in [-0.3, -0.25) is 18.9 Å². The van der Waals surface area contributed by atoms with Crippen molar-refractivity contribution in [2.45, 2.75) is 117 Å². The molecule has 1 heterocycles. The topological polar surface area (TPSA) is 238 Å². The molecule has 0 saturated heterocycles. The van der Waals surface area contributed by atoms with Crippen LogP contribution in [-0.2, 0) is 60.5 Å². The van der Waals surface area contributed by atoms with Crippen molar-refractivity contribution in [2.75, 3.05) is 17.6 Å². The van der Waals surface area contributed by atoms with Gasteiger partial charge in [0.2, 0.25) is 5.91 Å². The summed E-state index contributed by atoms with van der Waals surface area (Å²) in [6.07, 6.45) is 0.951. The molecule has 0 aliphatic carbocycles. The van der Waals surface area contributed by atoms with E-state index in [9.17, 15) is 50.1 Å². The zero-order chi connectivity index (χ0) is 46.5. The van der Waals surface area contributed by atoms with E-state index in [1.807, 2.05) is 66.8 Å². The lowest BCUT2D eigenvalue weighted by molar-refractivity contribution is -0.146. The number of alkyl halides is 4. The smallest absolute Gasteiger partial charge is 0.459 e. The monoisotopic (exact) mass is 1010 g/mol. The molecule has 1 aromatic heterocycles. The number of pyridine rings is 1. The van der Waals surface area contributed by atoms with E-state index in [0.717, 1.165) is 22.4 Å². The number of Topliss-reactive ketones (excluding diaryl/α,β-unsaturated/α-hetero) is 1. The van der Waals surface area contributed by atoms with Crippen LogP contribution >= 0.6 is 30.2 Å². The van der Waals surface area contributed by atoms with Crippen molar-refractivity contribution < 1.29 is 68.0 Å². The maximum atomic E-state index is 12.6. The molecule has 0 fully saturated rings. The summed E-state index contributed by atoms with van der Waals surface area (Å²) in [4.78, 5) is 57.7. The molecule has 17 nitrogen and oxygen atoms in total. The van der Waals surface area contributed by atoms with E-state index in [1.165, 1.54) is 6.92 Å². The first-order chi connectivity index (χ1) is 27.6. The molecule has 1 aromatic carbocycles. The summed E-state index contributed by atoms with van der Waals surface area (Å²) < 4.78 is 97.2. The van der Waals surface area contributed by atoms with Crippen LogP contribution in [0.15, 0.2) is 53.5 Å². The van der Waals surface area contributed by atoms with Gasteiger partial charge in [0.1, 0.15) is 30.3 Å². The number of alkyl carbamates (subject to hydrolysis) is 1. The summed E-state index contributed by atoms with van der Waals surface area (Å²) in [6, 6.07) is 9.03. The number of carbonyl (C=O) groups is 4. The highest BCUT2D eigenvalue weighted by Gasteiger charge is 2.48. The Morgan fingerprint density at radius 2 is 1.50 bits per heavy atom. The van der Waals surface area contributed by atoms with Crippen LogP contribution < -0.4 is 26.1 Å². The van der Waals surface area contributed by atoms with Gasteiger partial charge in [0.15, 0.2) is 5.78 Å². The Morgan fingerprint density at radius 1 is 0.950 bits per heavy atom. The number of carbonyl (C=O) groups excluding carboxylic acids is 4. The number of esters is 1. The first-order valence-corrected chi connectivity index (χ1v) is 23.2. The lowest BCUT2D eigenvalue weighted by Crippen LogP contribution is -2.48. The second kappa shape index (κ2) is 26.7. The van der Waals surface area contributed by atoms with Gasteiger partial charge in [-0.2, -0.15) is 21.6 Å². The molecule has 0 aliphatic rings. The molecule has 2 amide bonds. The number of halogens is 4. The van der Waals surface area contributed by atoms with Gasteiger partial charge >= 0.3 is 35.3 Å². The van der Waals surface area contributed by atoms with Crippen LogP contribution in [0.3, 0.4) is 0 Å². The minimum absolute atomic E-state index is 0.0655. The Kier molecular flexibility index (Phi) is 25.1. The fourth-order valence-corrected chi connectivity index (χ4v) is 6.55. The average molecular weight is 1010 g/mol. The van der Waals surface area contributed by atoms with E-state index in [0.29, 0.717) is 23.3 Å². The van der Waals surface area contributed by atoms with Gasteiger partial charge in [0, 0.05) is 16.7 Å². The third-order valence-electron chi connectivity index (χ3n) is 7.11. The van der Waals surface area contributed by atoms with Gasteiger partial charge < -0.3 is 43.6 Å². The van der Waals surface area contributed by atoms with Crippen molar-refractivity contribution in [3.8, 4) is 5.75 Å². The molecule has 0 aliphatic heterocycles. The minimum atomic E-state index is -5.89. The highest BCUT2D eigenvalue weighted by atomic mass is 127. The van der Waals surface area contributed by atoms with Gasteiger partial charge in [-0.1, -0.05) is 80.6 Å². The maximum Gasteiger partial charge on any atom is 0.534 e. The Bertz CT molecular complexity index is 1870. The molecule has 342 valence electrons. The van der Waals surface area contributed by atoms with Crippen molar-refractivity contribution in [1.29, 1.82) is 0 Å². The summed E-state index contributed by atoms with van der Waals surface area (Å²) in [5, 5.41) is 5.06. The number of nitrogens with one attached hydrogen (secondary N) is 2. The molecule has 0 spiro atoms. The number of hydrogen-bond acceptors (Lipinski definition) is 14. The average Bonchev–Trinajstić information content (AvgIpc) is 3.14. The van der Waals surface area contributed by atoms with Crippen LogP contribution in [0.25, 0.3) is 0 Å². The lowest BCUT2D eigenvalue weighted by Gasteiger charge is -2.22. The third kappa shape index (κ3) is 22.9. The summed E-state index contributed by atoms with van der Waals surface area (Å²) in [5.74, 6) is -1.54. The van der Waals surface area contributed by atoms with Gasteiger partial charge in [0.25, 0.3) is 5.56 Å². The molecule has 0 saturated carbocycles. The van der Waals surface area contributed by atoms with Crippen molar-refractivity contribution in [3.63, 3.8) is 0 Å². The van der Waals surface area contributed by atoms with Crippen LogP contribution in [0.2, 0.25) is 0 Å². The lowest BCUT2D eigenvalue weighted by atomic mass is 10.0. The van der Waals surface area contributed by atoms with E-state index >= 15 is 0 Å². The fraction of sp³-hybridized carbons (Fsp3) is 0.595. The van der Waals surface area contributed by atoms with Crippen molar-refractivity contribution in [1.82, 2.24) is 15.2 Å². The van der Waals surface area contributed by atoms with Crippen molar-refractivity contribution >= 4 is 64.1 Å². The fourth-order valence-electron chi connectivity index (χ4n) is 3.75. The van der Waals surface area contributed by atoms with Crippen LogP contribution in [0.5, 0.6) is 5.75 Å². The van der Waals surface area contributed by atoms with Crippen molar-refractivity contribution in [3.05, 3.63) is 64.6 Å². The van der Waals surface area contributed by atoms with Gasteiger partial charge in [0.05, 0.1) is 25.3 Å². The third-order valence-corrected chi connectivity index (χ3v) is 10.8. The number of rotatable bonds is 19. The molecular weight excluding hydrogens is 955 g/mol. The molecule has 0 radical (unpaired) electrons. The highest BCUT2D eigenvalue weighted by molar-refractivity contribution is 14.1. The summed E-state index contributed by atoms with van der Waals surface area (Å²) >= 11 is 2.02. The van der Waals surface area contributed by atoms with E-state index in [1.54, 1.807) is 41.5 Å². The summed E-state index contributed by atoms with van der Waals surface area (Å²) in [7, 11) is -9.55.